The summed E-state index contributed by atoms with van der Waals surface area (Å²) in [5.74, 6) is 1.86. The smallest absolute Gasteiger partial charge is 0.257 e. The maximum Gasteiger partial charge on any atom is 0.257 e. The molecule has 3 fully saturated rings. The average molecular weight is 358 g/mol. The van der Waals surface area contributed by atoms with Crippen LogP contribution in [0.15, 0.2) is 18.2 Å². The standard InChI is InChI=1S/C20H26N2O4/c1-25-16-5-6-18(17(13-16)20(24)21-9-2-10-21)26-15-7-11-22(12-8-15)19(23)14-3-4-14/h5-6,13-15H,2-4,7-12H2,1H3. The van der Waals surface area contributed by atoms with Crippen molar-refractivity contribution in [3.05, 3.63) is 23.8 Å². The Morgan fingerprint density at radius 2 is 1.73 bits per heavy atom. The number of methoxy groups -OCH3 is 1. The average Bonchev–Trinajstić information content (AvgIpc) is 3.45. The first-order valence-electron chi connectivity index (χ1n) is 9.58. The Hall–Kier alpha value is -2.24. The van der Waals surface area contributed by atoms with E-state index in [4.69, 9.17) is 9.47 Å². The molecule has 6 nitrogen and oxygen atoms in total. The minimum atomic E-state index is 0.00602. The fourth-order valence-corrected chi connectivity index (χ4v) is 3.56. The highest BCUT2D eigenvalue weighted by molar-refractivity contribution is 5.97. The summed E-state index contributed by atoms with van der Waals surface area (Å²) in [5.41, 5.74) is 0.570. The van der Waals surface area contributed by atoms with Crippen molar-refractivity contribution >= 4 is 11.8 Å². The van der Waals surface area contributed by atoms with Gasteiger partial charge in [-0.25, -0.2) is 0 Å². The second kappa shape index (κ2) is 7.17. The molecule has 0 N–H and O–H groups in total. The summed E-state index contributed by atoms with van der Waals surface area (Å²) in [6.45, 7) is 3.09. The van der Waals surface area contributed by atoms with E-state index in [0.29, 0.717) is 23.0 Å². The summed E-state index contributed by atoms with van der Waals surface area (Å²) in [5, 5.41) is 0. The number of piperidine rings is 1. The molecule has 0 unspecified atom stereocenters. The topological polar surface area (TPSA) is 59.1 Å². The Morgan fingerprint density at radius 3 is 2.31 bits per heavy atom. The third kappa shape index (κ3) is 3.50. The molecule has 2 saturated heterocycles. The Kier molecular flexibility index (Phi) is 4.74. The first-order valence-corrected chi connectivity index (χ1v) is 9.58. The molecular formula is C20H26N2O4. The highest BCUT2D eigenvalue weighted by Crippen LogP contribution is 2.33. The van der Waals surface area contributed by atoms with Crippen molar-refractivity contribution in [2.45, 2.75) is 38.2 Å². The molecular weight excluding hydrogens is 332 g/mol. The molecule has 2 heterocycles. The second-order valence-corrected chi connectivity index (χ2v) is 7.42. The fourth-order valence-electron chi connectivity index (χ4n) is 3.56. The van der Waals surface area contributed by atoms with Gasteiger partial charge in [0.1, 0.15) is 17.6 Å². The Balaban J connectivity index is 1.42. The molecule has 140 valence electrons. The van der Waals surface area contributed by atoms with Crippen LogP contribution in [0.4, 0.5) is 0 Å². The van der Waals surface area contributed by atoms with Crippen LogP contribution in [-0.2, 0) is 4.79 Å². The lowest BCUT2D eigenvalue weighted by molar-refractivity contribution is -0.134. The van der Waals surface area contributed by atoms with Crippen molar-refractivity contribution < 1.29 is 19.1 Å². The van der Waals surface area contributed by atoms with E-state index >= 15 is 0 Å². The first kappa shape index (κ1) is 17.2. The van der Waals surface area contributed by atoms with E-state index in [1.54, 1.807) is 13.2 Å². The third-order valence-corrected chi connectivity index (χ3v) is 5.53. The molecule has 1 aromatic rings. The molecule has 1 aliphatic carbocycles. The Bertz CT molecular complexity index is 689. The third-order valence-electron chi connectivity index (χ3n) is 5.53. The van der Waals surface area contributed by atoms with E-state index in [1.807, 2.05) is 21.9 Å². The predicted molar refractivity (Wildman–Crippen MR) is 96.5 cm³/mol. The van der Waals surface area contributed by atoms with Gasteiger partial charge in [0.15, 0.2) is 0 Å². The van der Waals surface area contributed by atoms with E-state index in [2.05, 4.69) is 0 Å². The van der Waals surface area contributed by atoms with Crippen molar-refractivity contribution in [3.8, 4) is 11.5 Å². The summed E-state index contributed by atoms with van der Waals surface area (Å²) in [4.78, 5) is 28.7. The van der Waals surface area contributed by atoms with Gasteiger partial charge in [0.2, 0.25) is 5.91 Å². The van der Waals surface area contributed by atoms with Crippen molar-refractivity contribution in [1.82, 2.24) is 9.80 Å². The van der Waals surface area contributed by atoms with Crippen LogP contribution in [0, 0.1) is 5.92 Å². The maximum atomic E-state index is 12.7. The summed E-state index contributed by atoms with van der Waals surface area (Å²) < 4.78 is 11.5. The van der Waals surface area contributed by atoms with Crippen LogP contribution < -0.4 is 9.47 Å². The second-order valence-electron chi connectivity index (χ2n) is 7.42. The van der Waals surface area contributed by atoms with Crippen LogP contribution in [0.25, 0.3) is 0 Å². The first-order chi connectivity index (χ1) is 12.7. The number of likely N-dealkylation sites (tertiary alicyclic amines) is 2. The number of rotatable bonds is 5. The van der Waals surface area contributed by atoms with Gasteiger partial charge >= 0.3 is 0 Å². The van der Waals surface area contributed by atoms with Crippen molar-refractivity contribution in [2.24, 2.45) is 5.92 Å². The number of ether oxygens (including phenoxy) is 2. The van der Waals surface area contributed by atoms with E-state index in [-0.39, 0.29) is 17.9 Å². The van der Waals surface area contributed by atoms with Crippen molar-refractivity contribution in [1.29, 1.82) is 0 Å². The lowest BCUT2D eigenvalue weighted by Crippen LogP contribution is -2.43. The molecule has 0 bridgehead atoms. The van der Waals surface area contributed by atoms with Crippen LogP contribution in [0.1, 0.15) is 42.5 Å². The molecule has 0 radical (unpaired) electrons. The van der Waals surface area contributed by atoms with Gasteiger partial charge in [0, 0.05) is 44.9 Å². The minimum Gasteiger partial charge on any atom is -0.497 e. The number of benzene rings is 1. The fraction of sp³-hybridized carbons (Fsp3) is 0.600. The molecule has 3 aliphatic rings. The lowest BCUT2D eigenvalue weighted by atomic mass is 10.1. The number of nitrogens with zero attached hydrogens (tertiary/aromatic N) is 2. The van der Waals surface area contributed by atoms with Crippen molar-refractivity contribution in [3.63, 3.8) is 0 Å². The van der Waals surface area contributed by atoms with Gasteiger partial charge in [-0.15, -0.1) is 0 Å². The molecule has 2 amide bonds. The van der Waals surface area contributed by atoms with Crippen LogP contribution in [0.2, 0.25) is 0 Å². The number of carbonyl (C=O) groups excluding carboxylic acids is 2. The van der Waals surface area contributed by atoms with Gasteiger partial charge < -0.3 is 19.3 Å². The summed E-state index contributed by atoms with van der Waals surface area (Å²) in [6.07, 6.45) is 4.80. The van der Waals surface area contributed by atoms with Gasteiger partial charge in [-0.2, -0.15) is 0 Å². The summed E-state index contributed by atoms with van der Waals surface area (Å²) in [6, 6.07) is 5.42. The molecule has 2 aliphatic heterocycles. The Labute approximate surface area is 154 Å². The lowest BCUT2D eigenvalue weighted by Gasteiger charge is -2.34. The van der Waals surface area contributed by atoms with Gasteiger partial charge in [0.25, 0.3) is 5.91 Å². The number of hydrogen-bond acceptors (Lipinski definition) is 4. The molecule has 4 rings (SSSR count). The zero-order valence-corrected chi connectivity index (χ0v) is 15.3. The maximum absolute atomic E-state index is 12.7. The zero-order chi connectivity index (χ0) is 18.1. The van der Waals surface area contributed by atoms with Gasteiger partial charge in [-0.05, 0) is 37.5 Å². The predicted octanol–water partition coefficient (Wildman–Crippen LogP) is 2.32. The van der Waals surface area contributed by atoms with Crippen LogP contribution >= 0.6 is 0 Å². The van der Waals surface area contributed by atoms with Crippen LogP contribution in [0.5, 0.6) is 11.5 Å². The van der Waals surface area contributed by atoms with Gasteiger partial charge in [-0.3, -0.25) is 9.59 Å². The quantitative estimate of drug-likeness (QED) is 0.811. The van der Waals surface area contributed by atoms with Crippen LogP contribution in [-0.4, -0.2) is 61.0 Å². The SMILES string of the molecule is COc1ccc(OC2CCN(C(=O)C3CC3)CC2)c(C(=O)N2CCC2)c1. The number of carbonyl (C=O) groups is 2. The number of amides is 2. The largest absolute Gasteiger partial charge is 0.497 e. The highest BCUT2D eigenvalue weighted by atomic mass is 16.5. The summed E-state index contributed by atoms with van der Waals surface area (Å²) in [7, 11) is 1.60. The zero-order valence-electron chi connectivity index (χ0n) is 15.3. The normalized spacial score (nSPS) is 20.5. The monoisotopic (exact) mass is 358 g/mol. The molecule has 0 atom stereocenters. The van der Waals surface area contributed by atoms with E-state index in [1.165, 1.54) is 0 Å². The molecule has 0 aromatic heterocycles. The van der Waals surface area contributed by atoms with Crippen molar-refractivity contribution in [2.75, 3.05) is 33.3 Å². The molecule has 0 spiro atoms. The Morgan fingerprint density at radius 1 is 1.00 bits per heavy atom. The number of hydrogen-bond donors (Lipinski definition) is 0. The van der Waals surface area contributed by atoms with Crippen LogP contribution in [0.3, 0.4) is 0 Å². The summed E-state index contributed by atoms with van der Waals surface area (Å²) >= 11 is 0. The van der Waals surface area contributed by atoms with Gasteiger partial charge in [-0.1, -0.05) is 0 Å². The van der Waals surface area contributed by atoms with E-state index in [0.717, 1.165) is 58.3 Å². The molecule has 26 heavy (non-hydrogen) atoms. The molecule has 1 aromatic carbocycles. The van der Waals surface area contributed by atoms with Gasteiger partial charge in [0.05, 0.1) is 12.7 Å². The van der Waals surface area contributed by atoms with E-state index in [9.17, 15) is 9.59 Å². The highest BCUT2D eigenvalue weighted by Gasteiger charge is 2.35. The molecule has 6 heteroatoms. The molecule has 1 saturated carbocycles. The van der Waals surface area contributed by atoms with E-state index < -0.39 is 0 Å². The minimum absolute atomic E-state index is 0.00602.